The number of hydrogen-bond acceptors (Lipinski definition) is 5. The van der Waals surface area contributed by atoms with Crippen LogP contribution in [0.25, 0.3) is 0 Å². The molecule has 2 aromatic carbocycles. The molecule has 0 bridgehead atoms. The van der Waals surface area contributed by atoms with Gasteiger partial charge < -0.3 is 15.7 Å². The molecular formula is C16H20N2O3S. The molecule has 0 fully saturated rings. The van der Waals surface area contributed by atoms with E-state index >= 15 is 0 Å². The monoisotopic (exact) mass is 320 g/mol. The van der Waals surface area contributed by atoms with Crippen LogP contribution in [0.2, 0.25) is 0 Å². The molecule has 0 aliphatic heterocycles. The molecular weight excluding hydrogens is 300 g/mol. The number of nitrogens with two attached hydrogens (primary N) is 2. The first-order valence-corrected chi connectivity index (χ1v) is 8.52. The lowest BCUT2D eigenvalue weighted by molar-refractivity contribution is 0.485. The lowest BCUT2D eigenvalue weighted by Crippen LogP contribution is -2.12. The van der Waals surface area contributed by atoms with E-state index in [1.165, 1.54) is 18.2 Å². The maximum Gasteiger partial charge on any atom is 0.339 e. The van der Waals surface area contributed by atoms with Gasteiger partial charge in [-0.15, -0.1) is 0 Å². The first-order chi connectivity index (χ1) is 10.4. The number of unbranched alkanes of at least 4 members (excludes halogenated alkanes) is 1. The van der Waals surface area contributed by atoms with Crippen LogP contribution >= 0.6 is 0 Å². The van der Waals surface area contributed by atoms with Gasteiger partial charge in [0.05, 0.1) is 11.4 Å². The van der Waals surface area contributed by atoms with Crippen molar-refractivity contribution in [2.24, 2.45) is 0 Å². The topological polar surface area (TPSA) is 95.4 Å². The number of benzene rings is 2. The summed E-state index contributed by atoms with van der Waals surface area (Å²) in [5, 5.41) is 0. The van der Waals surface area contributed by atoms with Gasteiger partial charge in [0.2, 0.25) is 0 Å². The van der Waals surface area contributed by atoms with Crippen molar-refractivity contribution in [3.63, 3.8) is 0 Å². The summed E-state index contributed by atoms with van der Waals surface area (Å²) >= 11 is 0. The lowest BCUT2D eigenvalue weighted by atomic mass is 10.1. The fourth-order valence-corrected chi connectivity index (χ4v) is 3.28. The molecule has 0 atom stereocenters. The molecule has 2 aromatic rings. The first-order valence-electron chi connectivity index (χ1n) is 7.11. The van der Waals surface area contributed by atoms with Gasteiger partial charge in [0.1, 0.15) is 10.6 Å². The zero-order chi connectivity index (χ0) is 16.2. The molecule has 5 nitrogen and oxygen atoms in total. The third-order valence-electron chi connectivity index (χ3n) is 3.31. The third-order valence-corrected chi connectivity index (χ3v) is 4.65. The molecule has 0 saturated heterocycles. The Morgan fingerprint density at radius 2 is 1.77 bits per heavy atom. The molecule has 22 heavy (non-hydrogen) atoms. The second-order valence-corrected chi connectivity index (χ2v) is 6.55. The molecule has 0 radical (unpaired) electrons. The van der Waals surface area contributed by atoms with Gasteiger partial charge in [-0.2, -0.15) is 8.42 Å². The highest BCUT2D eigenvalue weighted by molar-refractivity contribution is 7.87. The number of aryl methyl sites for hydroxylation is 1. The van der Waals surface area contributed by atoms with Crippen LogP contribution in [0.5, 0.6) is 5.75 Å². The summed E-state index contributed by atoms with van der Waals surface area (Å²) in [5.74, 6) is 0.150. The van der Waals surface area contributed by atoms with Crippen molar-refractivity contribution >= 4 is 21.5 Å². The predicted molar refractivity (Wildman–Crippen MR) is 88.1 cm³/mol. The molecule has 6 heteroatoms. The van der Waals surface area contributed by atoms with Crippen LogP contribution in [0.15, 0.2) is 47.4 Å². The largest absolute Gasteiger partial charge is 0.397 e. The van der Waals surface area contributed by atoms with Gasteiger partial charge in [0, 0.05) is 6.07 Å². The van der Waals surface area contributed by atoms with Crippen molar-refractivity contribution in [2.45, 2.75) is 31.1 Å². The Balaban J connectivity index is 2.32. The summed E-state index contributed by atoms with van der Waals surface area (Å²) < 4.78 is 30.2. The number of nitrogen functional groups attached to an aromatic ring is 2. The van der Waals surface area contributed by atoms with Gasteiger partial charge >= 0.3 is 10.1 Å². The highest BCUT2D eigenvalue weighted by atomic mass is 32.2. The highest BCUT2D eigenvalue weighted by Crippen LogP contribution is 2.26. The van der Waals surface area contributed by atoms with E-state index in [9.17, 15) is 8.42 Å². The molecule has 0 aliphatic carbocycles. The maximum absolute atomic E-state index is 12.5. The summed E-state index contributed by atoms with van der Waals surface area (Å²) in [7, 11) is -3.90. The van der Waals surface area contributed by atoms with Crippen molar-refractivity contribution in [2.75, 3.05) is 11.5 Å². The van der Waals surface area contributed by atoms with Crippen molar-refractivity contribution in [3.05, 3.63) is 48.0 Å². The van der Waals surface area contributed by atoms with Gasteiger partial charge in [-0.1, -0.05) is 31.5 Å². The normalized spacial score (nSPS) is 11.3. The molecule has 0 unspecified atom stereocenters. The quantitative estimate of drug-likeness (QED) is 0.630. The van der Waals surface area contributed by atoms with E-state index in [0.717, 1.165) is 18.4 Å². The van der Waals surface area contributed by atoms with Crippen molar-refractivity contribution in [3.8, 4) is 5.75 Å². The number of rotatable bonds is 6. The summed E-state index contributed by atoms with van der Waals surface area (Å²) in [5.41, 5.74) is 12.7. The average Bonchev–Trinajstić information content (AvgIpc) is 2.49. The fourth-order valence-electron chi connectivity index (χ4n) is 2.10. The Morgan fingerprint density at radius 1 is 1.05 bits per heavy atom. The standard InChI is InChI=1S/C16H20N2O3S/c1-2-3-6-12-7-4-5-8-16(12)22(19,20)21-13-9-10-14(17)15(18)11-13/h4-5,7-11H,2-3,6,17-18H2,1H3. The van der Waals surface area contributed by atoms with Crippen LogP contribution in [0.4, 0.5) is 11.4 Å². The summed E-state index contributed by atoms with van der Waals surface area (Å²) in [4.78, 5) is 0.193. The van der Waals surface area contributed by atoms with Crippen LogP contribution in [0, 0.1) is 0 Å². The molecule has 0 saturated carbocycles. The number of hydrogen-bond donors (Lipinski definition) is 2. The lowest BCUT2D eigenvalue weighted by Gasteiger charge is -2.12. The van der Waals surface area contributed by atoms with Crippen molar-refractivity contribution < 1.29 is 12.6 Å². The minimum absolute atomic E-state index is 0.150. The predicted octanol–water partition coefficient (Wildman–Crippen LogP) is 2.96. The zero-order valence-corrected chi connectivity index (χ0v) is 13.3. The minimum atomic E-state index is -3.90. The molecule has 0 amide bonds. The van der Waals surface area contributed by atoms with Crippen LogP contribution in [-0.4, -0.2) is 8.42 Å². The Hall–Kier alpha value is -2.21. The molecule has 0 heterocycles. The maximum atomic E-state index is 12.5. The van der Waals surface area contributed by atoms with E-state index in [0.29, 0.717) is 12.1 Å². The van der Waals surface area contributed by atoms with Gasteiger partial charge in [0.15, 0.2) is 0 Å². The van der Waals surface area contributed by atoms with Gasteiger partial charge in [-0.05, 0) is 36.6 Å². The Kier molecular flexibility index (Phi) is 4.92. The smallest absolute Gasteiger partial charge is 0.339 e. The Labute approximate surface area is 131 Å². The molecule has 2 rings (SSSR count). The molecule has 0 aromatic heterocycles. The van der Waals surface area contributed by atoms with Crippen LogP contribution in [0.3, 0.4) is 0 Å². The van der Waals surface area contributed by atoms with Gasteiger partial charge in [-0.25, -0.2) is 0 Å². The van der Waals surface area contributed by atoms with Crippen LogP contribution in [-0.2, 0) is 16.5 Å². The first kappa shape index (κ1) is 16.2. The zero-order valence-electron chi connectivity index (χ0n) is 12.5. The van der Waals surface area contributed by atoms with E-state index in [2.05, 4.69) is 6.92 Å². The molecule has 0 spiro atoms. The summed E-state index contributed by atoms with van der Waals surface area (Å²) in [6.45, 7) is 2.06. The Bertz CT molecular complexity index is 758. The van der Waals surface area contributed by atoms with Crippen LogP contribution in [0.1, 0.15) is 25.3 Å². The molecule has 0 aliphatic rings. The van der Waals surface area contributed by atoms with Gasteiger partial charge in [-0.3, -0.25) is 0 Å². The van der Waals surface area contributed by atoms with Crippen LogP contribution < -0.4 is 15.7 Å². The van der Waals surface area contributed by atoms with Crippen molar-refractivity contribution in [1.82, 2.24) is 0 Å². The SMILES string of the molecule is CCCCc1ccccc1S(=O)(=O)Oc1ccc(N)c(N)c1. The van der Waals surface area contributed by atoms with Crippen molar-refractivity contribution in [1.29, 1.82) is 0 Å². The minimum Gasteiger partial charge on any atom is -0.397 e. The second kappa shape index (κ2) is 6.70. The second-order valence-electron chi connectivity index (χ2n) is 5.04. The third kappa shape index (κ3) is 3.71. The van der Waals surface area contributed by atoms with E-state index < -0.39 is 10.1 Å². The molecule has 118 valence electrons. The van der Waals surface area contributed by atoms with E-state index in [1.807, 2.05) is 12.1 Å². The number of anilines is 2. The summed E-state index contributed by atoms with van der Waals surface area (Å²) in [6, 6.07) is 11.3. The summed E-state index contributed by atoms with van der Waals surface area (Å²) in [6.07, 6.45) is 2.60. The Morgan fingerprint density at radius 3 is 2.45 bits per heavy atom. The van der Waals surface area contributed by atoms with E-state index in [4.69, 9.17) is 15.7 Å². The fraction of sp³-hybridized carbons (Fsp3) is 0.250. The average molecular weight is 320 g/mol. The molecule has 4 N–H and O–H groups in total. The van der Waals surface area contributed by atoms with Gasteiger partial charge in [0.25, 0.3) is 0 Å². The van der Waals surface area contributed by atoms with E-state index in [-0.39, 0.29) is 16.3 Å². The van der Waals surface area contributed by atoms with E-state index in [1.54, 1.807) is 12.1 Å². The highest BCUT2D eigenvalue weighted by Gasteiger charge is 2.20.